The molecule has 174 valence electrons. The maximum Gasteiger partial charge on any atom is 0.255 e. The highest BCUT2D eigenvalue weighted by Gasteiger charge is 2.31. The highest BCUT2D eigenvalue weighted by molar-refractivity contribution is 7.89. The monoisotopic (exact) mass is 475 g/mol. The Kier molecular flexibility index (Phi) is 5.89. The Balaban J connectivity index is 1.32. The molecule has 9 heteroatoms. The van der Waals surface area contributed by atoms with Crippen molar-refractivity contribution in [1.82, 2.24) is 18.7 Å². The second kappa shape index (κ2) is 9.00. The van der Waals surface area contributed by atoms with Crippen LogP contribution in [-0.4, -0.2) is 45.6 Å². The fourth-order valence-corrected chi connectivity index (χ4v) is 6.00. The molecule has 3 heterocycles. The van der Waals surface area contributed by atoms with Gasteiger partial charge in [0.05, 0.1) is 10.6 Å². The molecule has 1 atom stereocenters. The Morgan fingerprint density at radius 1 is 1.09 bits per heavy atom. The first kappa shape index (κ1) is 22.2. The molecule has 0 spiro atoms. The summed E-state index contributed by atoms with van der Waals surface area (Å²) in [7, 11) is -3.65. The highest BCUT2D eigenvalue weighted by Crippen LogP contribution is 2.26. The predicted octanol–water partition coefficient (Wildman–Crippen LogP) is 4.21. The van der Waals surface area contributed by atoms with Crippen molar-refractivity contribution in [2.45, 2.75) is 37.1 Å². The average molecular weight is 476 g/mol. The lowest BCUT2D eigenvalue weighted by Gasteiger charge is -2.32. The van der Waals surface area contributed by atoms with E-state index in [2.05, 4.69) is 15.3 Å². The zero-order valence-electron chi connectivity index (χ0n) is 18.8. The van der Waals surface area contributed by atoms with Gasteiger partial charge in [0, 0.05) is 48.0 Å². The van der Waals surface area contributed by atoms with E-state index in [0.717, 1.165) is 30.5 Å². The summed E-state index contributed by atoms with van der Waals surface area (Å²) in [4.78, 5) is 21.7. The average Bonchev–Trinajstić information content (AvgIpc) is 3.29. The van der Waals surface area contributed by atoms with Gasteiger partial charge in [-0.25, -0.2) is 18.4 Å². The molecule has 0 aliphatic carbocycles. The van der Waals surface area contributed by atoms with Gasteiger partial charge < -0.3 is 5.32 Å². The molecule has 5 rings (SSSR count). The van der Waals surface area contributed by atoms with Crippen molar-refractivity contribution < 1.29 is 13.2 Å². The summed E-state index contributed by atoms with van der Waals surface area (Å²) >= 11 is 0. The van der Waals surface area contributed by atoms with E-state index in [1.807, 2.05) is 41.9 Å². The second-order valence-corrected chi connectivity index (χ2v) is 10.4. The van der Waals surface area contributed by atoms with Crippen molar-refractivity contribution in [1.29, 1.82) is 0 Å². The molecule has 1 unspecified atom stereocenters. The minimum absolute atomic E-state index is 0.0431. The number of benzene rings is 2. The summed E-state index contributed by atoms with van der Waals surface area (Å²) in [6.07, 6.45) is 8.20. The van der Waals surface area contributed by atoms with E-state index < -0.39 is 10.0 Å². The van der Waals surface area contributed by atoms with Crippen LogP contribution in [0.1, 0.15) is 36.5 Å². The van der Waals surface area contributed by atoms with E-state index in [4.69, 9.17) is 0 Å². The van der Waals surface area contributed by atoms with Crippen molar-refractivity contribution in [3.63, 3.8) is 0 Å². The van der Waals surface area contributed by atoms with E-state index >= 15 is 0 Å². The number of sulfonamides is 1. The lowest BCUT2D eigenvalue weighted by molar-refractivity contribution is 0.102. The molecule has 0 saturated carbocycles. The molecule has 1 amide bonds. The third kappa shape index (κ3) is 4.32. The molecular formula is C25H25N5O3S. The Morgan fingerprint density at radius 3 is 2.68 bits per heavy atom. The Bertz CT molecular complexity index is 1410. The number of carbonyl (C=O) groups excluding carboxylic acids is 1. The summed E-state index contributed by atoms with van der Waals surface area (Å²) < 4.78 is 29.7. The fourth-order valence-electron chi connectivity index (χ4n) is 4.26. The molecule has 8 nitrogen and oxygen atoms in total. The topological polar surface area (TPSA) is 96.7 Å². The minimum atomic E-state index is -3.65. The van der Waals surface area contributed by atoms with Gasteiger partial charge in [-0.05, 0) is 56.2 Å². The predicted molar refractivity (Wildman–Crippen MR) is 130 cm³/mol. The van der Waals surface area contributed by atoms with Gasteiger partial charge in [0.15, 0.2) is 0 Å². The summed E-state index contributed by atoms with van der Waals surface area (Å²) in [5.41, 5.74) is 2.57. The first-order chi connectivity index (χ1) is 16.4. The van der Waals surface area contributed by atoms with Gasteiger partial charge in [0.1, 0.15) is 0 Å². The quantitative estimate of drug-likeness (QED) is 0.466. The SMILES string of the molecule is CC1CCCCN1S(=O)(=O)c1cccc(C(=O)Nc2ccc(-c3cn4cccnc4n3)cc2)c1. The molecule has 34 heavy (non-hydrogen) atoms. The number of hydrogen-bond donors (Lipinski definition) is 1. The number of hydrogen-bond acceptors (Lipinski definition) is 5. The molecule has 1 fully saturated rings. The van der Waals surface area contributed by atoms with Gasteiger partial charge in [0.2, 0.25) is 15.8 Å². The molecule has 2 aromatic heterocycles. The largest absolute Gasteiger partial charge is 0.322 e. The van der Waals surface area contributed by atoms with Gasteiger partial charge in [-0.1, -0.05) is 24.6 Å². The van der Waals surface area contributed by atoms with Crippen LogP contribution in [0.25, 0.3) is 17.0 Å². The van der Waals surface area contributed by atoms with Crippen LogP contribution in [0.15, 0.2) is 78.1 Å². The van der Waals surface area contributed by atoms with Crippen molar-refractivity contribution in [2.24, 2.45) is 0 Å². The third-order valence-corrected chi connectivity index (χ3v) is 8.13. The zero-order chi connectivity index (χ0) is 23.7. The molecule has 2 aromatic carbocycles. The van der Waals surface area contributed by atoms with Crippen LogP contribution in [0.3, 0.4) is 0 Å². The van der Waals surface area contributed by atoms with Crippen LogP contribution in [0.5, 0.6) is 0 Å². The van der Waals surface area contributed by atoms with Crippen LogP contribution < -0.4 is 5.32 Å². The number of aromatic nitrogens is 3. The van der Waals surface area contributed by atoms with Gasteiger partial charge in [-0.2, -0.15) is 4.31 Å². The van der Waals surface area contributed by atoms with Gasteiger partial charge >= 0.3 is 0 Å². The van der Waals surface area contributed by atoms with E-state index in [-0.39, 0.29) is 16.8 Å². The summed E-state index contributed by atoms with van der Waals surface area (Å²) in [6.45, 7) is 2.44. The summed E-state index contributed by atoms with van der Waals surface area (Å²) in [6, 6.07) is 15.3. The first-order valence-corrected chi connectivity index (χ1v) is 12.7. The number of amides is 1. The molecule has 0 bridgehead atoms. The van der Waals surface area contributed by atoms with Crippen LogP contribution in [-0.2, 0) is 10.0 Å². The van der Waals surface area contributed by atoms with Crippen molar-refractivity contribution in [3.8, 4) is 11.3 Å². The number of fused-ring (bicyclic) bond motifs is 1. The van der Waals surface area contributed by atoms with Crippen LogP contribution in [0.2, 0.25) is 0 Å². The number of carbonyl (C=O) groups is 1. The van der Waals surface area contributed by atoms with E-state index in [1.54, 1.807) is 40.8 Å². The number of nitrogens with one attached hydrogen (secondary N) is 1. The first-order valence-electron chi connectivity index (χ1n) is 11.3. The maximum absolute atomic E-state index is 13.1. The molecular weight excluding hydrogens is 450 g/mol. The highest BCUT2D eigenvalue weighted by atomic mass is 32.2. The second-order valence-electron chi connectivity index (χ2n) is 8.47. The van der Waals surface area contributed by atoms with Gasteiger partial charge in [0.25, 0.3) is 5.91 Å². The van der Waals surface area contributed by atoms with E-state index in [1.165, 1.54) is 6.07 Å². The normalized spacial score (nSPS) is 17.0. The maximum atomic E-state index is 13.1. The van der Waals surface area contributed by atoms with Crippen molar-refractivity contribution in [2.75, 3.05) is 11.9 Å². The van der Waals surface area contributed by atoms with Crippen LogP contribution >= 0.6 is 0 Å². The Hall–Kier alpha value is -3.56. The number of imidazole rings is 1. The lowest BCUT2D eigenvalue weighted by atomic mass is 10.1. The molecule has 1 aliphatic rings. The zero-order valence-corrected chi connectivity index (χ0v) is 19.6. The molecule has 1 saturated heterocycles. The standard InChI is InChI=1S/C25H25N5O3S/c1-18-6-2-3-15-30(18)34(32,33)22-8-4-7-20(16-22)24(31)27-21-11-9-19(10-12-21)23-17-29-14-5-13-26-25(29)28-23/h4-5,7-14,16-18H,2-3,6,15H2,1H3,(H,27,31). The fraction of sp³-hybridized carbons (Fsp3) is 0.240. The lowest BCUT2D eigenvalue weighted by Crippen LogP contribution is -2.41. The number of piperidine rings is 1. The number of anilines is 1. The molecule has 1 N–H and O–H groups in total. The smallest absolute Gasteiger partial charge is 0.255 e. The van der Waals surface area contributed by atoms with Crippen LogP contribution in [0, 0.1) is 0 Å². The summed E-state index contributed by atoms with van der Waals surface area (Å²) in [5.74, 6) is 0.247. The third-order valence-electron chi connectivity index (χ3n) is 6.12. The van der Waals surface area contributed by atoms with E-state index in [0.29, 0.717) is 23.6 Å². The molecule has 0 radical (unpaired) electrons. The Labute approximate surface area is 198 Å². The van der Waals surface area contributed by atoms with Crippen LogP contribution in [0.4, 0.5) is 5.69 Å². The molecule has 4 aromatic rings. The van der Waals surface area contributed by atoms with E-state index in [9.17, 15) is 13.2 Å². The van der Waals surface area contributed by atoms with Crippen molar-refractivity contribution in [3.05, 3.63) is 78.8 Å². The van der Waals surface area contributed by atoms with Gasteiger partial charge in [-0.15, -0.1) is 0 Å². The minimum Gasteiger partial charge on any atom is -0.322 e. The number of nitrogens with zero attached hydrogens (tertiary/aromatic N) is 4. The summed E-state index contributed by atoms with van der Waals surface area (Å²) in [5, 5.41) is 2.85. The molecule has 1 aliphatic heterocycles. The van der Waals surface area contributed by atoms with Crippen molar-refractivity contribution >= 4 is 27.4 Å². The number of rotatable bonds is 5. The van der Waals surface area contributed by atoms with Gasteiger partial charge in [-0.3, -0.25) is 9.20 Å². The Morgan fingerprint density at radius 2 is 1.91 bits per heavy atom.